The molecule has 1 aliphatic heterocycles. The Morgan fingerprint density at radius 1 is 1.29 bits per heavy atom. The van der Waals surface area contributed by atoms with Crippen molar-refractivity contribution >= 4 is 5.82 Å². The average molecular weight is 236 g/mol. The molecule has 1 saturated heterocycles. The molecule has 0 bridgehead atoms. The summed E-state index contributed by atoms with van der Waals surface area (Å²) in [6.45, 7) is 6.77. The van der Waals surface area contributed by atoms with E-state index in [9.17, 15) is 0 Å². The highest BCUT2D eigenvalue weighted by atomic mass is 16.5. The number of aromatic nitrogens is 2. The molecule has 5 heteroatoms. The van der Waals surface area contributed by atoms with Gasteiger partial charge in [-0.15, -0.1) is 0 Å². The van der Waals surface area contributed by atoms with Crippen molar-refractivity contribution in [3.63, 3.8) is 0 Å². The van der Waals surface area contributed by atoms with Gasteiger partial charge in [0.1, 0.15) is 0 Å². The molecule has 0 radical (unpaired) electrons. The number of nitrogens with zero attached hydrogens (tertiary/aromatic N) is 3. The van der Waals surface area contributed by atoms with Crippen LogP contribution in [0.5, 0.6) is 5.88 Å². The molecule has 5 nitrogen and oxygen atoms in total. The number of anilines is 1. The summed E-state index contributed by atoms with van der Waals surface area (Å²) in [6.07, 6.45) is 5.60. The van der Waals surface area contributed by atoms with Gasteiger partial charge >= 0.3 is 0 Å². The minimum absolute atomic E-state index is 0.669. The molecule has 1 N–H and O–H groups in total. The van der Waals surface area contributed by atoms with E-state index in [-0.39, 0.29) is 0 Å². The van der Waals surface area contributed by atoms with Gasteiger partial charge in [-0.2, -0.15) is 0 Å². The molecule has 1 aromatic rings. The summed E-state index contributed by atoms with van der Waals surface area (Å²) in [5, 5.41) is 3.33. The molecule has 0 saturated carbocycles. The summed E-state index contributed by atoms with van der Waals surface area (Å²) in [6, 6.07) is 0. The first-order chi connectivity index (χ1) is 8.42. The summed E-state index contributed by atoms with van der Waals surface area (Å²) in [5.74, 6) is 1.55. The van der Waals surface area contributed by atoms with E-state index in [1.165, 1.54) is 0 Å². The van der Waals surface area contributed by atoms with E-state index < -0.39 is 0 Å². The number of unbranched alkanes of at least 4 members (excludes halogenated alkanes) is 1. The first kappa shape index (κ1) is 12.1. The highest BCUT2D eigenvalue weighted by molar-refractivity contribution is 5.48. The quantitative estimate of drug-likeness (QED) is 0.775. The number of hydrogen-bond acceptors (Lipinski definition) is 5. The molecule has 2 heterocycles. The lowest BCUT2D eigenvalue weighted by Gasteiger charge is -2.28. The van der Waals surface area contributed by atoms with Crippen LogP contribution in [0.3, 0.4) is 0 Å². The Bertz CT molecular complexity index is 339. The fourth-order valence-corrected chi connectivity index (χ4v) is 1.83. The Kier molecular flexibility index (Phi) is 4.55. The maximum atomic E-state index is 5.70. The maximum Gasteiger partial charge on any atom is 0.257 e. The first-order valence-electron chi connectivity index (χ1n) is 6.31. The molecule has 0 amide bonds. The third kappa shape index (κ3) is 3.30. The monoisotopic (exact) mass is 236 g/mol. The van der Waals surface area contributed by atoms with Crippen molar-refractivity contribution in [3.05, 3.63) is 12.4 Å². The van der Waals surface area contributed by atoms with Gasteiger partial charge in [-0.05, 0) is 6.42 Å². The molecule has 0 aliphatic carbocycles. The summed E-state index contributed by atoms with van der Waals surface area (Å²) in [7, 11) is 0. The van der Waals surface area contributed by atoms with E-state index in [0.29, 0.717) is 12.5 Å². The van der Waals surface area contributed by atoms with Crippen LogP contribution < -0.4 is 15.0 Å². The summed E-state index contributed by atoms with van der Waals surface area (Å²) in [4.78, 5) is 10.9. The van der Waals surface area contributed by atoms with Crippen LogP contribution in [0.2, 0.25) is 0 Å². The molecule has 1 aromatic heterocycles. The predicted molar refractivity (Wildman–Crippen MR) is 67.5 cm³/mol. The van der Waals surface area contributed by atoms with Gasteiger partial charge in [0, 0.05) is 38.6 Å². The highest BCUT2D eigenvalue weighted by Gasteiger charge is 2.16. The average Bonchev–Trinajstić information content (AvgIpc) is 2.41. The number of rotatable bonds is 5. The second-order valence-corrected chi connectivity index (χ2v) is 4.12. The normalized spacial score (nSPS) is 15.9. The molecule has 17 heavy (non-hydrogen) atoms. The molecule has 1 fully saturated rings. The Morgan fingerprint density at radius 2 is 2.06 bits per heavy atom. The molecule has 94 valence electrons. The lowest BCUT2D eigenvalue weighted by atomic mass is 10.3. The highest BCUT2D eigenvalue weighted by Crippen LogP contribution is 2.22. The van der Waals surface area contributed by atoms with E-state index in [4.69, 9.17) is 4.74 Å². The van der Waals surface area contributed by atoms with Gasteiger partial charge in [0.2, 0.25) is 0 Å². The topological polar surface area (TPSA) is 50.3 Å². The van der Waals surface area contributed by atoms with Crippen LogP contribution in [-0.4, -0.2) is 42.8 Å². The molecule has 0 aromatic carbocycles. The molecule has 0 spiro atoms. The van der Waals surface area contributed by atoms with Crippen molar-refractivity contribution in [2.24, 2.45) is 0 Å². The van der Waals surface area contributed by atoms with Crippen molar-refractivity contribution in [1.82, 2.24) is 15.3 Å². The van der Waals surface area contributed by atoms with Crippen LogP contribution in [0.15, 0.2) is 12.4 Å². The van der Waals surface area contributed by atoms with E-state index in [0.717, 1.165) is 44.8 Å². The zero-order chi connectivity index (χ0) is 11.9. The molecular formula is C12H20N4O. The van der Waals surface area contributed by atoms with Crippen molar-refractivity contribution in [3.8, 4) is 5.88 Å². The second-order valence-electron chi connectivity index (χ2n) is 4.12. The van der Waals surface area contributed by atoms with Crippen molar-refractivity contribution in [2.75, 3.05) is 37.7 Å². The Balaban J connectivity index is 2.03. The SMILES string of the molecule is CCCCOc1nccnc1N1CCNCC1. The summed E-state index contributed by atoms with van der Waals surface area (Å²) >= 11 is 0. The van der Waals surface area contributed by atoms with Crippen LogP contribution in [0.25, 0.3) is 0 Å². The lowest BCUT2D eigenvalue weighted by Crippen LogP contribution is -2.44. The molecule has 0 atom stereocenters. The number of piperazine rings is 1. The van der Waals surface area contributed by atoms with E-state index >= 15 is 0 Å². The Labute approximate surface area is 102 Å². The Morgan fingerprint density at radius 3 is 2.82 bits per heavy atom. The van der Waals surface area contributed by atoms with Crippen LogP contribution in [0, 0.1) is 0 Å². The lowest BCUT2D eigenvalue weighted by molar-refractivity contribution is 0.296. The fraction of sp³-hybridized carbons (Fsp3) is 0.667. The molecule has 1 aliphatic rings. The van der Waals surface area contributed by atoms with Gasteiger partial charge in [0.15, 0.2) is 5.82 Å². The zero-order valence-corrected chi connectivity index (χ0v) is 10.4. The van der Waals surface area contributed by atoms with Gasteiger partial charge < -0.3 is 15.0 Å². The largest absolute Gasteiger partial charge is 0.475 e. The minimum atomic E-state index is 0.669. The van der Waals surface area contributed by atoms with Crippen molar-refractivity contribution in [2.45, 2.75) is 19.8 Å². The molecule has 2 rings (SSSR count). The first-order valence-corrected chi connectivity index (χ1v) is 6.31. The van der Waals surface area contributed by atoms with E-state index in [1.807, 2.05) is 0 Å². The van der Waals surface area contributed by atoms with Gasteiger partial charge in [0.05, 0.1) is 6.61 Å². The van der Waals surface area contributed by atoms with Crippen molar-refractivity contribution in [1.29, 1.82) is 0 Å². The minimum Gasteiger partial charge on any atom is -0.475 e. The van der Waals surface area contributed by atoms with Crippen LogP contribution in [0.1, 0.15) is 19.8 Å². The van der Waals surface area contributed by atoms with Gasteiger partial charge in [-0.3, -0.25) is 0 Å². The molecule has 0 unspecified atom stereocenters. The van der Waals surface area contributed by atoms with Crippen LogP contribution >= 0.6 is 0 Å². The third-order valence-corrected chi connectivity index (χ3v) is 2.80. The number of nitrogens with one attached hydrogen (secondary N) is 1. The Hall–Kier alpha value is -1.36. The van der Waals surface area contributed by atoms with Crippen molar-refractivity contribution < 1.29 is 4.74 Å². The van der Waals surface area contributed by atoms with Gasteiger partial charge in [0.25, 0.3) is 5.88 Å². The molecular weight excluding hydrogens is 216 g/mol. The van der Waals surface area contributed by atoms with Crippen LogP contribution in [0.4, 0.5) is 5.82 Å². The predicted octanol–water partition coefficient (Wildman–Crippen LogP) is 1.07. The van der Waals surface area contributed by atoms with Gasteiger partial charge in [-0.25, -0.2) is 9.97 Å². The van der Waals surface area contributed by atoms with Crippen LogP contribution in [-0.2, 0) is 0 Å². The number of hydrogen-bond donors (Lipinski definition) is 1. The third-order valence-electron chi connectivity index (χ3n) is 2.80. The standard InChI is InChI=1S/C12H20N4O/c1-2-3-10-17-12-11(14-4-5-15-12)16-8-6-13-7-9-16/h4-5,13H,2-3,6-10H2,1H3. The zero-order valence-electron chi connectivity index (χ0n) is 10.4. The smallest absolute Gasteiger partial charge is 0.257 e. The maximum absolute atomic E-state index is 5.70. The summed E-state index contributed by atoms with van der Waals surface area (Å²) < 4.78 is 5.70. The van der Waals surface area contributed by atoms with E-state index in [2.05, 4.69) is 27.1 Å². The summed E-state index contributed by atoms with van der Waals surface area (Å²) in [5.41, 5.74) is 0. The second kappa shape index (κ2) is 6.39. The van der Waals surface area contributed by atoms with Gasteiger partial charge in [-0.1, -0.05) is 13.3 Å². The van der Waals surface area contributed by atoms with E-state index in [1.54, 1.807) is 12.4 Å². The fourth-order valence-electron chi connectivity index (χ4n) is 1.83. The number of ether oxygens (including phenoxy) is 1.